The quantitative estimate of drug-likeness (QED) is 0.751. The second kappa shape index (κ2) is 10.7. The molecule has 32 heavy (non-hydrogen) atoms. The van der Waals surface area contributed by atoms with Crippen LogP contribution in [0.4, 0.5) is 9.18 Å². The molecule has 4 amide bonds. The number of hydrogen-bond donors (Lipinski definition) is 1. The number of nitrogens with zero attached hydrogens (tertiary/aromatic N) is 3. The minimum atomic E-state index is -0.405. The Morgan fingerprint density at radius 3 is 2.31 bits per heavy atom. The van der Waals surface area contributed by atoms with Crippen LogP contribution in [0, 0.1) is 12.7 Å². The van der Waals surface area contributed by atoms with Gasteiger partial charge in [0.25, 0.3) is 5.91 Å². The Balaban J connectivity index is 1.39. The van der Waals surface area contributed by atoms with E-state index in [2.05, 4.69) is 5.32 Å². The molecule has 0 aliphatic carbocycles. The standard InChI is InChI=1S/C24H29FN4O3/c1-18-8-9-20(16-21(18)25)23(31)28-12-14-29(15-13-28)24(32)26-11-10-22(30)27(2)17-19-6-4-3-5-7-19/h3-9,16H,10-15,17H2,1-2H3,(H,26,32). The summed E-state index contributed by atoms with van der Waals surface area (Å²) in [7, 11) is 1.74. The molecule has 1 aliphatic rings. The van der Waals surface area contributed by atoms with Gasteiger partial charge in [-0.25, -0.2) is 9.18 Å². The topological polar surface area (TPSA) is 73.0 Å². The molecular weight excluding hydrogens is 411 g/mol. The van der Waals surface area contributed by atoms with Gasteiger partial charge in [-0.2, -0.15) is 0 Å². The largest absolute Gasteiger partial charge is 0.341 e. The van der Waals surface area contributed by atoms with E-state index < -0.39 is 5.82 Å². The number of aryl methyl sites for hydroxylation is 1. The normalized spacial score (nSPS) is 13.6. The highest BCUT2D eigenvalue weighted by Gasteiger charge is 2.25. The lowest BCUT2D eigenvalue weighted by atomic mass is 10.1. The zero-order chi connectivity index (χ0) is 23.1. The summed E-state index contributed by atoms with van der Waals surface area (Å²) in [4.78, 5) is 42.2. The average molecular weight is 441 g/mol. The van der Waals surface area contributed by atoms with E-state index >= 15 is 0 Å². The Labute approximate surface area is 187 Å². The summed E-state index contributed by atoms with van der Waals surface area (Å²) in [5.74, 6) is -0.691. The number of piperazine rings is 1. The van der Waals surface area contributed by atoms with Crippen LogP contribution in [0.25, 0.3) is 0 Å². The predicted molar refractivity (Wildman–Crippen MR) is 120 cm³/mol. The van der Waals surface area contributed by atoms with Gasteiger partial charge < -0.3 is 20.0 Å². The number of halogens is 1. The SMILES string of the molecule is Cc1ccc(C(=O)N2CCN(C(=O)NCCC(=O)N(C)Cc3ccccc3)CC2)cc1F. The monoisotopic (exact) mass is 440 g/mol. The Hall–Kier alpha value is -3.42. The van der Waals surface area contributed by atoms with Crippen LogP contribution in [0.1, 0.15) is 27.9 Å². The van der Waals surface area contributed by atoms with Crippen LogP contribution in [-0.4, -0.2) is 72.3 Å². The highest BCUT2D eigenvalue weighted by Crippen LogP contribution is 2.13. The first-order valence-electron chi connectivity index (χ1n) is 10.7. The molecule has 170 valence electrons. The molecule has 2 aromatic carbocycles. The molecule has 0 saturated carbocycles. The average Bonchev–Trinajstić information content (AvgIpc) is 2.81. The van der Waals surface area contributed by atoms with Gasteiger partial charge in [-0.1, -0.05) is 36.4 Å². The van der Waals surface area contributed by atoms with Crippen LogP contribution >= 0.6 is 0 Å². The fraction of sp³-hybridized carbons (Fsp3) is 0.375. The highest BCUT2D eigenvalue weighted by molar-refractivity contribution is 5.94. The van der Waals surface area contributed by atoms with E-state index in [1.165, 1.54) is 6.07 Å². The van der Waals surface area contributed by atoms with E-state index in [4.69, 9.17) is 0 Å². The van der Waals surface area contributed by atoms with Gasteiger partial charge in [0.15, 0.2) is 0 Å². The van der Waals surface area contributed by atoms with Gasteiger partial charge in [-0.15, -0.1) is 0 Å². The molecular formula is C24H29FN4O3. The summed E-state index contributed by atoms with van der Waals surface area (Å²) < 4.78 is 13.7. The van der Waals surface area contributed by atoms with Gasteiger partial charge in [-0.3, -0.25) is 9.59 Å². The van der Waals surface area contributed by atoms with E-state index in [0.29, 0.717) is 43.9 Å². The molecule has 1 heterocycles. The number of carbonyl (C=O) groups excluding carboxylic acids is 3. The summed E-state index contributed by atoms with van der Waals surface area (Å²) in [5, 5.41) is 2.78. The van der Waals surface area contributed by atoms with Crippen LogP contribution < -0.4 is 5.32 Å². The van der Waals surface area contributed by atoms with E-state index in [1.54, 1.807) is 40.8 Å². The Kier molecular flexibility index (Phi) is 7.81. The van der Waals surface area contributed by atoms with Gasteiger partial charge in [0.05, 0.1) is 0 Å². The molecule has 1 N–H and O–H groups in total. The van der Waals surface area contributed by atoms with Gasteiger partial charge in [0.1, 0.15) is 5.82 Å². The molecule has 7 nitrogen and oxygen atoms in total. The van der Waals surface area contributed by atoms with Crippen molar-refractivity contribution in [2.45, 2.75) is 19.9 Å². The summed E-state index contributed by atoms with van der Waals surface area (Å²) in [6.45, 7) is 3.94. The van der Waals surface area contributed by atoms with Crippen molar-refractivity contribution in [3.8, 4) is 0 Å². The maximum atomic E-state index is 13.7. The number of urea groups is 1. The molecule has 1 aliphatic heterocycles. The van der Waals surface area contributed by atoms with E-state index in [9.17, 15) is 18.8 Å². The van der Waals surface area contributed by atoms with Crippen LogP contribution in [-0.2, 0) is 11.3 Å². The number of rotatable bonds is 6. The van der Waals surface area contributed by atoms with Gasteiger partial charge in [-0.05, 0) is 30.2 Å². The molecule has 0 spiro atoms. The van der Waals surface area contributed by atoms with Gasteiger partial charge >= 0.3 is 6.03 Å². The van der Waals surface area contributed by atoms with Gasteiger partial charge in [0, 0.05) is 58.3 Å². The third kappa shape index (κ3) is 6.06. The molecule has 1 saturated heterocycles. The van der Waals surface area contributed by atoms with Crippen molar-refractivity contribution in [1.29, 1.82) is 0 Å². The second-order valence-electron chi connectivity index (χ2n) is 7.96. The summed E-state index contributed by atoms with van der Waals surface area (Å²) >= 11 is 0. The number of benzene rings is 2. The summed E-state index contributed by atoms with van der Waals surface area (Å²) in [5.41, 5.74) is 1.85. The lowest BCUT2D eigenvalue weighted by Crippen LogP contribution is -2.53. The lowest BCUT2D eigenvalue weighted by Gasteiger charge is -2.34. The Bertz CT molecular complexity index is 959. The third-order valence-electron chi connectivity index (χ3n) is 5.58. The zero-order valence-corrected chi connectivity index (χ0v) is 18.5. The van der Waals surface area contributed by atoms with Crippen LogP contribution in [0.2, 0.25) is 0 Å². The number of carbonyl (C=O) groups is 3. The van der Waals surface area contributed by atoms with Crippen molar-refractivity contribution in [2.75, 3.05) is 39.8 Å². The molecule has 2 aromatic rings. The Morgan fingerprint density at radius 2 is 1.66 bits per heavy atom. The maximum absolute atomic E-state index is 13.7. The molecule has 3 rings (SSSR count). The summed E-state index contributed by atoms with van der Waals surface area (Å²) in [6, 6.07) is 13.9. The third-order valence-corrected chi connectivity index (χ3v) is 5.58. The first kappa shape index (κ1) is 23.2. The molecule has 0 unspecified atom stereocenters. The van der Waals surface area contributed by atoms with Crippen molar-refractivity contribution in [2.24, 2.45) is 0 Å². The van der Waals surface area contributed by atoms with Gasteiger partial charge in [0.2, 0.25) is 5.91 Å². The van der Waals surface area contributed by atoms with Crippen LogP contribution in [0.5, 0.6) is 0 Å². The molecule has 0 aromatic heterocycles. The van der Waals surface area contributed by atoms with Crippen LogP contribution in [0.3, 0.4) is 0 Å². The fourth-order valence-electron chi connectivity index (χ4n) is 3.55. The first-order chi connectivity index (χ1) is 15.3. The molecule has 0 bridgehead atoms. The van der Waals surface area contributed by atoms with Crippen molar-refractivity contribution < 1.29 is 18.8 Å². The van der Waals surface area contributed by atoms with Crippen molar-refractivity contribution in [1.82, 2.24) is 20.0 Å². The minimum absolute atomic E-state index is 0.0464. The smallest absolute Gasteiger partial charge is 0.317 e. The molecule has 0 radical (unpaired) electrons. The molecule has 1 fully saturated rings. The van der Waals surface area contributed by atoms with E-state index in [-0.39, 0.29) is 30.8 Å². The number of nitrogens with one attached hydrogen (secondary N) is 1. The Morgan fingerprint density at radius 1 is 1.00 bits per heavy atom. The second-order valence-corrected chi connectivity index (χ2v) is 7.96. The minimum Gasteiger partial charge on any atom is -0.341 e. The number of amides is 4. The van der Waals surface area contributed by atoms with Crippen molar-refractivity contribution in [3.05, 3.63) is 71.0 Å². The first-order valence-corrected chi connectivity index (χ1v) is 10.7. The summed E-state index contributed by atoms with van der Waals surface area (Å²) in [6.07, 6.45) is 0.215. The maximum Gasteiger partial charge on any atom is 0.317 e. The van der Waals surface area contributed by atoms with Crippen molar-refractivity contribution in [3.63, 3.8) is 0 Å². The van der Waals surface area contributed by atoms with Crippen LogP contribution in [0.15, 0.2) is 48.5 Å². The zero-order valence-electron chi connectivity index (χ0n) is 18.5. The predicted octanol–water partition coefficient (Wildman–Crippen LogP) is 2.65. The highest BCUT2D eigenvalue weighted by atomic mass is 19.1. The molecule has 0 atom stereocenters. The molecule has 8 heteroatoms. The van der Waals surface area contributed by atoms with E-state index in [1.807, 2.05) is 30.3 Å². The number of hydrogen-bond acceptors (Lipinski definition) is 3. The fourth-order valence-corrected chi connectivity index (χ4v) is 3.55. The van der Waals surface area contributed by atoms with E-state index in [0.717, 1.165) is 5.56 Å². The van der Waals surface area contributed by atoms with Crippen molar-refractivity contribution >= 4 is 17.8 Å². The lowest BCUT2D eigenvalue weighted by molar-refractivity contribution is -0.130.